The smallest absolute Gasteiger partial charge is 0.245 e. The Morgan fingerprint density at radius 2 is 2.21 bits per heavy atom. The van der Waals surface area contributed by atoms with Crippen LogP contribution in [0.3, 0.4) is 0 Å². The number of likely N-dealkylation sites (tertiary alicyclic amines) is 1. The first kappa shape index (κ1) is 16.5. The molecule has 1 amide bonds. The second-order valence-corrected chi connectivity index (χ2v) is 6.24. The van der Waals surface area contributed by atoms with Crippen molar-refractivity contribution in [3.8, 4) is 5.75 Å². The third kappa shape index (κ3) is 3.93. The van der Waals surface area contributed by atoms with E-state index in [4.69, 9.17) is 4.74 Å². The van der Waals surface area contributed by atoms with Gasteiger partial charge in [0.25, 0.3) is 0 Å². The quantitative estimate of drug-likeness (QED) is 0.846. The van der Waals surface area contributed by atoms with Gasteiger partial charge in [0.15, 0.2) is 0 Å². The summed E-state index contributed by atoms with van der Waals surface area (Å²) in [5.41, 5.74) is 0. The Kier molecular flexibility index (Phi) is 5.13. The van der Waals surface area contributed by atoms with Crippen LogP contribution in [0.25, 0.3) is 0 Å². The topological polar surface area (TPSA) is 47.4 Å². The van der Waals surface area contributed by atoms with Crippen molar-refractivity contribution in [1.29, 1.82) is 0 Å². The molecule has 1 aliphatic rings. The van der Waals surface area contributed by atoms with Gasteiger partial charge < -0.3 is 14.2 Å². The molecule has 128 valence electrons. The van der Waals surface area contributed by atoms with E-state index in [-0.39, 0.29) is 17.8 Å². The maximum absolute atomic E-state index is 12.9. The van der Waals surface area contributed by atoms with Crippen LogP contribution in [0.4, 0.5) is 4.39 Å². The SMILES string of the molecule is CC(C(=O)N1CCCC(COc2ccc(F)cc2)C1)n1ccnc1. The molecule has 2 aromatic rings. The van der Waals surface area contributed by atoms with Gasteiger partial charge in [0.2, 0.25) is 5.91 Å². The van der Waals surface area contributed by atoms with Crippen molar-refractivity contribution in [3.05, 3.63) is 48.8 Å². The molecular formula is C18H22FN3O2. The first-order valence-electron chi connectivity index (χ1n) is 8.28. The van der Waals surface area contributed by atoms with Crippen molar-refractivity contribution in [2.75, 3.05) is 19.7 Å². The number of nitrogens with zero attached hydrogens (tertiary/aromatic N) is 3. The number of rotatable bonds is 5. The lowest BCUT2D eigenvalue weighted by atomic mass is 9.98. The Morgan fingerprint density at radius 1 is 1.42 bits per heavy atom. The molecule has 1 aliphatic heterocycles. The first-order valence-corrected chi connectivity index (χ1v) is 8.28. The molecule has 0 spiro atoms. The Balaban J connectivity index is 1.54. The van der Waals surface area contributed by atoms with Gasteiger partial charge in [-0.3, -0.25) is 4.79 Å². The van der Waals surface area contributed by atoms with E-state index in [0.717, 1.165) is 19.4 Å². The minimum Gasteiger partial charge on any atom is -0.493 e. The highest BCUT2D eigenvalue weighted by atomic mass is 19.1. The van der Waals surface area contributed by atoms with E-state index >= 15 is 0 Å². The lowest BCUT2D eigenvalue weighted by Gasteiger charge is -2.34. The van der Waals surface area contributed by atoms with Gasteiger partial charge in [0.05, 0.1) is 12.9 Å². The van der Waals surface area contributed by atoms with Crippen LogP contribution in [0, 0.1) is 11.7 Å². The summed E-state index contributed by atoms with van der Waals surface area (Å²) in [6.45, 7) is 3.90. The monoisotopic (exact) mass is 331 g/mol. The molecule has 0 radical (unpaired) electrons. The number of amides is 1. The van der Waals surface area contributed by atoms with Crippen LogP contribution in [0.5, 0.6) is 5.75 Å². The zero-order valence-corrected chi connectivity index (χ0v) is 13.8. The van der Waals surface area contributed by atoms with E-state index in [1.807, 2.05) is 22.6 Å². The summed E-state index contributed by atoms with van der Waals surface area (Å²) in [5, 5.41) is 0. The number of benzene rings is 1. The second kappa shape index (κ2) is 7.47. The zero-order valence-electron chi connectivity index (χ0n) is 13.8. The van der Waals surface area contributed by atoms with Crippen molar-refractivity contribution >= 4 is 5.91 Å². The molecule has 2 heterocycles. The fourth-order valence-electron chi connectivity index (χ4n) is 3.04. The number of hydrogen-bond acceptors (Lipinski definition) is 3. The Morgan fingerprint density at radius 3 is 2.92 bits per heavy atom. The molecule has 24 heavy (non-hydrogen) atoms. The van der Waals surface area contributed by atoms with Gasteiger partial charge in [0.1, 0.15) is 17.6 Å². The summed E-state index contributed by atoms with van der Waals surface area (Å²) < 4.78 is 20.5. The van der Waals surface area contributed by atoms with Crippen LogP contribution in [0.1, 0.15) is 25.8 Å². The Labute approximate surface area is 141 Å². The third-order valence-corrected chi connectivity index (χ3v) is 4.46. The summed E-state index contributed by atoms with van der Waals surface area (Å²) in [6.07, 6.45) is 7.16. The van der Waals surface area contributed by atoms with E-state index in [0.29, 0.717) is 24.8 Å². The van der Waals surface area contributed by atoms with E-state index in [2.05, 4.69) is 4.98 Å². The third-order valence-electron chi connectivity index (χ3n) is 4.46. The average molecular weight is 331 g/mol. The number of carbonyl (C=O) groups is 1. The zero-order chi connectivity index (χ0) is 16.9. The van der Waals surface area contributed by atoms with Gasteiger partial charge >= 0.3 is 0 Å². The number of imidazole rings is 1. The predicted octanol–water partition coefficient (Wildman–Crippen LogP) is 2.90. The number of halogens is 1. The van der Waals surface area contributed by atoms with Gasteiger partial charge in [0, 0.05) is 31.4 Å². The molecule has 1 aromatic carbocycles. The predicted molar refractivity (Wildman–Crippen MR) is 88.1 cm³/mol. The van der Waals surface area contributed by atoms with Gasteiger partial charge in [-0.2, -0.15) is 0 Å². The lowest BCUT2D eigenvalue weighted by molar-refractivity contribution is -0.136. The van der Waals surface area contributed by atoms with Gasteiger partial charge in [-0.1, -0.05) is 0 Å². The van der Waals surface area contributed by atoms with Crippen LogP contribution in [0.15, 0.2) is 43.0 Å². The van der Waals surface area contributed by atoms with E-state index < -0.39 is 0 Å². The molecule has 1 aromatic heterocycles. The molecule has 1 fully saturated rings. The molecule has 3 rings (SSSR count). The molecule has 1 saturated heterocycles. The minimum atomic E-state index is -0.273. The summed E-state index contributed by atoms with van der Waals surface area (Å²) >= 11 is 0. The van der Waals surface area contributed by atoms with Crippen molar-refractivity contribution in [2.24, 2.45) is 5.92 Å². The Hall–Kier alpha value is -2.37. The molecule has 0 aliphatic carbocycles. The maximum atomic E-state index is 12.9. The maximum Gasteiger partial charge on any atom is 0.245 e. The summed E-state index contributed by atoms with van der Waals surface area (Å²) in [4.78, 5) is 18.6. The molecule has 5 nitrogen and oxygen atoms in total. The Bertz CT molecular complexity index is 657. The van der Waals surface area contributed by atoms with Crippen molar-refractivity contribution in [2.45, 2.75) is 25.8 Å². The number of aromatic nitrogens is 2. The standard InChI is InChI=1S/C18H22FN3O2/c1-14(22-10-8-20-13-22)18(23)21-9-2-3-15(11-21)12-24-17-6-4-16(19)5-7-17/h4-8,10,13-15H,2-3,9,11-12H2,1H3. The highest BCUT2D eigenvalue weighted by Gasteiger charge is 2.27. The van der Waals surface area contributed by atoms with Crippen molar-refractivity contribution in [1.82, 2.24) is 14.5 Å². The van der Waals surface area contributed by atoms with Crippen LogP contribution in [-0.4, -0.2) is 40.1 Å². The highest BCUT2D eigenvalue weighted by molar-refractivity contribution is 5.80. The fourth-order valence-corrected chi connectivity index (χ4v) is 3.04. The average Bonchev–Trinajstić information content (AvgIpc) is 3.15. The van der Waals surface area contributed by atoms with Crippen LogP contribution in [0.2, 0.25) is 0 Å². The van der Waals surface area contributed by atoms with Crippen molar-refractivity contribution < 1.29 is 13.9 Å². The summed E-state index contributed by atoms with van der Waals surface area (Å²) in [6, 6.07) is 5.78. The minimum absolute atomic E-state index is 0.111. The van der Waals surface area contributed by atoms with Gasteiger partial charge in [-0.15, -0.1) is 0 Å². The summed E-state index contributed by atoms with van der Waals surface area (Å²) in [7, 11) is 0. The van der Waals surface area contributed by atoms with Crippen LogP contribution >= 0.6 is 0 Å². The van der Waals surface area contributed by atoms with Crippen LogP contribution < -0.4 is 4.74 Å². The number of ether oxygens (including phenoxy) is 1. The van der Waals surface area contributed by atoms with E-state index in [1.54, 1.807) is 24.7 Å². The van der Waals surface area contributed by atoms with Crippen molar-refractivity contribution in [3.63, 3.8) is 0 Å². The molecular weight excluding hydrogens is 309 g/mol. The number of piperidine rings is 1. The number of carbonyl (C=O) groups excluding carboxylic acids is 1. The molecule has 2 unspecified atom stereocenters. The molecule has 0 N–H and O–H groups in total. The lowest BCUT2D eigenvalue weighted by Crippen LogP contribution is -2.44. The van der Waals surface area contributed by atoms with Gasteiger partial charge in [-0.25, -0.2) is 9.37 Å². The molecule has 6 heteroatoms. The number of hydrogen-bond donors (Lipinski definition) is 0. The molecule has 2 atom stereocenters. The van der Waals surface area contributed by atoms with Gasteiger partial charge in [-0.05, 0) is 44.0 Å². The summed E-state index contributed by atoms with van der Waals surface area (Å²) in [5.74, 6) is 0.791. The molecule has 0 bridgehead atoms. The first-order chi connectivity index (χ1) is 11.6. The second-order valence-electron chi connectivity index (χ2n) is 6.24. The fraction of sp³-hybridized carbons (Fsp3) is 0.444. The largest absolute Gasteiger partial charge is 0.493 e. The normalized spacial score (nSPS) is 19.1. The molecule has 0 saturated carbocycles. The highest BCUT2D eigenvalue weighted by Crippen LogP contribution is 2.21. The van der Waals surface area contributed by atoms with Crippen LogP contribution in [-0.2, 0) is 4.79 Å². The van der Waals surface area contributed by atoms with E-state index in [1.165, 1.54) is 12.1 Å². The van der Waals surface area contributed by atoms with E-state index in [9.17, 15) is 9.18 Å².